The van der Waals surface area contributed by atoms with Gasteiger partial charge in [-0.2, -0.15) is 0 Å². The second kappa shape index (κ2) is 11.9. The Bertz CT molecular complexity index is 437. The van der Waals surface area contributed by atoms with Crippen LogP contribution in [0.4, 0.5) is 0 Å². The van der Waals surface area contributed by atoms with Crippen molar-refractivity contribution >= 4 is 18.3 Å². The average molecular weight is 388 g/mol. The second-order valence-electron chi connectivity index (χ2n) is 8.96. The van der Waals surface area contributed by atoms with Gasteiger partial charge in [-0.1, -0.05) is 47.6 Å². The molecular formula is C21H42ClN3O. The van der Waals surface area contributed by atoms with Crippen molar-refractivity contribution in [3.63, 3.8) is 0 Å². The summed E-state index contributed by atoms with van der Waals surface area (Å²) in [7, 11) is 0. The fraction of sp³-hybridized carbons (Fsp3) is 0.857. The smallest absolute Gasteiger partial charge is 0.223 e. The highest BCUT2D eigenvalue weighted by atomic mass is 35.5. The van der Waals surface area contributed by atoms with Gasteiger partial charge in [0, 0.05) is 30.2 Å². The third-order valence-corrected chi connectivity index (χ3v) is 5.58. The zero-order chi connectivity index (χ0) is 19.1. The fourth-order valence-corrected chi connectivity index (χ4v) is 4.01. The molecule has 0 radical (unpaired) electrons. The quantitative estimate of drug-likeness (QED) is 0.558. The van der Waals surface area contributed by atoms with E-state index in [9.17, 15) is 4.79 Å². The summed E-state index contributed by atoms with van der Waals surface area (Å²) in [5.41, 5.74) is 6.74. The Morgan fingerprint density at radius 1 is 1.19 bits per heavy atom. The zero-order valence-electron chi connectivity index (χ0n) is 17.7. The Balaban J connectivity index is 0.00000625. The molecule has 1 saturated carbocycles. The van der Waals surface area contributed by atoms with Crippen molar-refractivity contribution < 1.29 is 4.79 Å². The SMILES string of the molecule is C=C(N[C@H](CNC(=O)[C@@H]1C[C@H](C)CC[C@H]1C(C)C)CC(C)C)[C@@H](C)N.Cl. The van der Waals surface area contributed by atoms with Crippen molar-refractivity contribution in [3.05, 3.63) is 12.3 Å². The van der Waals surface area contributed by atoms with Gasteiger partial charge in [-0.3, -0.25) is 4.79 Å². The number of hydrogen-bond donors (Lipinski definition) is 3. The second-order valence-corrected chi connectivity index (χ2v) is 8.96. The summed E-state index contributed by atoms with van der Waals surface area (Å²) in [6.07, 6.45) is 4.43. The van der Waals surface area contributed by atoms with Crippen LogP contribution in [0.5, 0.6) is 0 Å². The lowest BCUT2D eigenvalue weighted by Gasteiger charge is -2.36. The molecule has 154 valence electrons. The molecular weight excluding hydrogens is 346 g/mol. The highest BCUT2D eigenvalue weighted by Crippen LogP contribution is 2.38. The molecule has 1 rings (SSSR count). The lowest BCUT2D eigenvalue weighted by atomic mass is 9.70. The van der Waals surface area contributed by atoms with Crippen molar-refractivity contribution in [1.82, 2.24) is 10.6 Å². The predicted molar refractivity (Wildman–Crippen MR) is 114 cm³/mol. The highest BCUT2D eigenvalue weighted by molar-refractivity contribution is 5.85. The number of nitrogens with two attached hydrogens (primary N) is 1. The maximum atomic E-state index is 12.9. The van der Waals surface area contributed by atoms with E-state index >= 15 is 0 Å². The first-order valence-corrected chi connectivity index (χ1v) is 10.1. The molecule has 4 N–H and O–H groups in total. The Kier molecular flexibility index (Phi) is 11.5. The highest BCUT2D eigenvalue weighted by Gasteiger charge is 2.35. The molecule has 26 heavy (non-hydrogen) atoms. The van der Waals surface area contributed by atoms with E-state index in [0.717, 1.165) is 18.5 Å². The third-order valence-electron chi connectivity index (χ3n) is 5.58. The maximum Gasteiger partial charge on any atom is 0.223 e. The lowest BCUT2D eigenvalue weighted by Crippen LogP contribution is -2.47. The molecule has 1 amide bonds. The number of carbonyl (C=O) groups is 1. The van der Waals surface area contributed by atoms with Gasteiger partial charge in [0.15, 0.2) is 0 Å². The first-order chi connectivity index (χ1) is 11.6. The zero-order valence-corrected chi connectivity index (χ0v) is 18.5. The van der Waals surface area contributed by atoms with Gasteiger partial charge in [0.05, 0.1) is 0 Å². The van der Waals surface area contributed by atoms with Gasteiger partial charge in [0.25, 0.3) is 0 Å². The molecule has 1 aliphatic carbocycles. The predicted octanol–water partition coefficient (Wildman–Crippen LogP) is 4.10. The molecule has 5 heteroatoms. The van der Waals surface area contributed by atoms with Crippen molar-refractivity contribution in [2.45, 2.75) is 79.3 Å². The van der Waals surface area contributed by atoms with Crippen molar-refractivity contribution in [2.75, 3.05) is 6.54 Å². The van der Waals surface area contributed by atoms with Crippen LogP contribution in [0.25, 0.3) is 0 Å². The number of rotatable bonds is 9. The standard InChI is InChI=1S/C21H41N3O.ClH/c1-13(2)10-18(24-17(7)16(6)22)12-23-21(25)20-11-15(5)8-9-19(20)14(3)4;/h13-16,18-20,24H,7-12,22H2,1-6H3,(H,23,25);1H/t15-,16-,18+,19+,20-;/m1./s1. The minimum Gasteiger partial charge on any atom is -0.383 e. The lowest BCUT2D eigenvalue weighted by molar-refractivity contribution is -0.129. The molecule has 0 saturated heterocycles. The number of nitrogens with one attached hydrogen (secondary N) is 2. The van der Waals surface area contributed by atoms with Gasteiger partial charge in [0.2, 0.25) is 5.91 Å². The molecule has 0 aromatic rings. The summed E-state index contributed by atoms with van der Waals surface area (Å²) >= 11 is 0. The minimum absolute atomic E-state index is 0. The van der Waals surface area contributed by atoms with Gasteiger partial charge >= 0.3 is 0 Å². The molecule has 0 bridgehead atoms. The van der Waals surface area contributed by atoms with E-state index in [0.29, 0.717) is 30.2 Å². The van der Waals surface area contributed by atoms with Crippen LogP contribution in [0.1, 0.15) is 67.2 Å². The van der Waals surface area contributed by atoms with Gasteiger partial charge < -0.3 is 16.4 Å². The molecule has 0 aromatic heterocycles. The molecule has 1 fully saturated rings. The Morgan fingerprint density at radius 3 is 2.31 bits per heavy atom. The van der Waals surface area contributed by atoms with E-state index in [2.05, 4.69) is 51.8 Å². The van der Waals surface area contributed by atoms with Crippen LogP contribution in [0.3, 0.4) is 0 Å². The Hall–Kier alpha value is -0.740. The van der Waals surface area contributed by atoms with Crippen molar-refractivity contribution in [3.8, 4) is 0 Å². The summed E-state index contributed by atoms with van der Waals surface area (Å²) in [5.74, 6) is 2.64. The number of amides is 1. The van der Waals surface area contributed by atoms with E-state index in [1.165, 1.54) is 12.8 Å². The summed E-state index contributed by atoms with van der Waals surface area (Å²) in [6, 6.07) is 0.0934. The van der Waals surface area contributed by atoms with Crippen LogP contribution in [0, 0.1) is 29.6 Å². The topological polar surface area (TPSA) is 67.1 Å². The summed E-state index contributed by atoms with van der Waals surface area (Å²) in [5, 5.41) is 6.64. The molecule has 4 nitrogen and oxygen atoms in total. The van der Waals surface area contributed by atoms with Crippen LogP contribution in [-0.4, -0.2) is 24.5 Å². The van der Waals surface area contributed by atoms with Gasteiger partial charge in [0.1, 0.15) is 0 Å². The molecule has 0 aliphatic heterocycles. The van der Waals surface area contributed by atoms with E-state index in [4.69, 9.17) is 5.73 Å². The van der Waals surface area contributed by atoms with Crippen LogP contribution in [0.2, 0.25) is 0 Å². The van der Waals surface area contributed by atoms with Gasteiger partial charge in [-0.05, 0) is 49.9 Å². The Labute approximate surface area is 167 Å². The summed E-state index contributed by atoms with van der Waals surface area (Å²) < 4.78 is 0. The van der Waals surface area contributed by atoms with E-state index in [1.807, 2.05) is 6.92 Å². The van der Waals surface area contributed by atoms with Crippen LogP contribution in [0.15, 0.2) is 12.3 Å². The van der Waals surface area contributed by atoms with Crippen LogP contribution >= 0.6 is 12.4 Å². The van der Waals surface area contributed by atoms with Crippen molar-refractivity contribution in [1.29, 1.82) is 0 Å². The van der Waals surface area contributed by atoms with E-state index in [1.54, 1.807) is 0 Å². The average Bonchev–Trinajstić information content (AvgIpc) is 2.51. The third kappa shape index (κ3) is 8.30. The number of carbonyl (C=O) groups excluding carboxylic acids is 1. The molecule has 0 heterocycles. The van der Waals surface area contributed by atoms with Gasteiger partial charge in [-0.15, -0.1) is 12.4 Å². The first-order valence-electron chi connectivity index (χ1n) is 10.1. The molecule has 5 atom stereocenters. The fourth-order valence-electron chi connectivity index (χ4n) is 4.01. The van der Waals surface area contributed by atoms with Crippen molar-refractivity contribution in [2.24, 2.45) is 35.3 Å². The Morgan fingerprint density at radius 2 is 1.81 bits per heavy atom. The largest absolute Gasteiger partial charge is 0.383 e. The molecule has 0 unspecified atom stereocenters. The van der Waals surface area contributed by atoms with Gasteiger partial charge in [-0.25, -0.2) is 0 Å². The number of halogens is 1. The van der Waals surface area contributed by atoms with Crippen LogP contribution < -0.4 is 16.4 Å². The normalized spacial score (nSPS) is 25.3. The monoisotopic (exact) mass is 387 g/mol. The molecule has 0 aromatic carbocycles. The molecule has 0 spiro atoms. The minimum atomic E-state index is -0.0881. The molecule has 1 aliphatic rings. The maximum absolute atomic E-state index is 12.9. The summed E-state index contributed by atoms with van der Waals surface area (Å²) in [4.78, 5) is 12.9. The number of hydrogen-bond acceptors (Lipinski definition) is 3. The summed E-state index contributed by atoms with van der Waals surface area (Å²) in [6.45, 7) is 17.7. The first kappa shape index (κ1) is 25.3. The van der Waals surface area contributed by atoms with E-state index < -0.39 is 0 Å². The van der Waals surface area contributed by atoms with E-state index in [-0.39, 0.29) is 36.3 Å². The van der Waals surface area contributed by atoms with Crippen LogP contribution in [-0.2, 0) is 4.79 Å².